The third-order valence-electron chi connectivity index (χ3n) is 4.77. The number of carbonyl (C=O) groups is 1. The smallest absolute Gasteiger partial charge is 0.256 e. The van der Waals surface area contributed by atoms with Gasteiger partial charge in [0.1, 0.15) is 11.0 Å². The second-order valence-electron chi connectivity index (χ2n) is 6.83. The average molecular weight is 424 g/mol. The van der Waals surface area contributed by atoms with Crippen molar-refractivity contribution >= 4 is 17.5 Å². The topological polar surface area (TPSA) is 64.7 Å². The summed E-state index contributed by atoms with van der Waals surface area (Å²) in [6.45, 7) is 2.73. The van der Waals surface area contributed by atoms with Gasteiger partial charge in [0.25, 0.3) is 5.91 Å². The van der Waals surface area contributed by atoms with Crippen LogP contribution in [0.2, 0.25) is 5.15 Å². The monoisotopic (exact) mass is 423 g/mol. The average Bonchev–Trinajstić information content (AvgIpc) is 3.35. The number of amides is 1. The number of halogens is 2. The number of carbonyl (C=O) groups excluding carboxylic acids is 1. The summed E-state index contributed by atoms with van der Waals surface area (Å²) in [5.41, 5.74) is 3.45. The van der Waals surface area contributed by atoms with E-state index in [-0.39, 0.29) is 16.9 Å². The molecule has 2 heterocycles. The Labute approximate surface area is 177 Å². The largest absolute Gasteiger partial charge is 0.348 e. The SMILES string of the molecule is Cc1nn(-c2ccc(F)cc2)c(Cl)c1C(=O)NCc1ccccc1Cn1ccnc1. The van der Waals surface area contributed by atoms with Crippen molar-refractivity contribution < 1.29 is 9.18 Å². The Hall–Kier alpha value is -3.45. The molecule has 0 aliphatic rings. The Balaban J connectivity index is 1.52. The van der Waals surface area contributed by atoms with Crippen LogP contribution in [0, 0.1) is 12.7 Å². The second kappa shape index (κ2) is 8.51. The number of rotatable bonds is 6. The van der Waals surface area contributed by atoms with Crippen molar-refractivity contribution in [3.63, 3.8) is 0 Å². The van der Waals surface area contributed by atoms with Crippen molar-refractivity contribution in [1.29, 1.82) is 0 Å². The standard InChI is InChI=1S/C22H19ClFN5O/c1-15-20(21(23)29(27-15)19-8-6-18(24)7-9-19)22(30)26-12-16-4-2-3-5-17(16)13-28-11-10-25-14-28/h2-11,14H,12-13H2,1H3,(H,26,30). The third kappa shape index (κ3) is 4.11. The molecule has 1 amide bonds. The molecule has 2 aromatic heterocycles. The van der Waals surface area contributed by atoms with Crippen LogP contribution in [0.4, 0.5) is 4.39 Å². The minimum absolute atomic E-state index is 0.184. The molecule has 0 spiro atoms. The van der Waals surface area contributed by atoms with Crippen LogP contribution in [0.5, 0.6) is 0 Å². The van der Waals surface area contributed by atoms with Crippen LogP contribution in [0.3, 0.4) is 0 Å². The van der Waals surface area contributed by atoms with E-state index in [0.717, 1.165) is 11.1 Å². The second-order valence-corrected chi connectivity index (χ2v) is 7.18. The molecule has 1 N–H and O–H groups in total. The molecule has 4 aromatic rings. The van der Waals surface area contributed by atoms with Crippen molar-refractivity contribution in [2.24, 2.45) is 0 Å². The van der Waals surface area contributed by atoms with Gasteiger partial charge in [-0.05, 0) is 42.3 Å². The van der Waals surface area contributed by atoms with Crippen LogP contribution in [-0.4, -0.2) is 25.2 Å². The van der Waals surface area contributed by atoms with Gasteiger partial charge in [-0.15, -0.1) is 0 Å². The van der Waals surface area contributed by atoms with Gasteiger partial charge in [-0.3, -0.25) is 4.79 Å². The van der Waals surface area contributed by atoms with Crippen LogP contribution in [0.25, 0.3) is 5.69 Å². The lowest BCUT2D eigenvalue weighted by atomic mass is 10.1. The van der Waals surface area contributed by atoms with Crippen molar-refractivity contribution in [2.75, 3.05) is 0 Å². The zero-order valence-electron chi connectivity index (χ0n) is 16.2. The fourth-order valence-corrected chi connectivity index (χ4v) is 3.59. The molecular formula is C22H19ClFN5O. The van der Waals surface area contributed by atoms with Gasteiger partial charge in [-0.1, -0.05) is 35.9 Å². The first-order valence-corrected chi connectivity index (χ1v) is 9.72. The Bertz CT molecular complexity index is 1170. The fraction of sp³-hybridized carbons (Fsp3) is 0.136. The van der Waals surface area contributed by atoms with E-state index >= 15 is 0 Å². The highest BCUT2D eigenvalue weighted by atomic mass is 35.5. The van der Waals surface area contributed by atoms with E-state index in [9.17, 15) is 9.18 Å². The van der Waals surface area contributed by atoms with Gasteiger partial charge in [0, 0.05) is 25.5 Å². The Morgan fingerprint density at radius 3 is 2.57 bits per heavy atom. The number of aromatic nitrogens is 4. The van der Waals surface area contributed by atoms with Gasteiger partial charge in [0.15, 0.2) is 0 Å². The van der Waals surface area contributed by atoms with Gasteiger partial charge in [-0.2, -0.15) is 5.10 Å². The highest BCUT2D eigenvalue weighted by Crippen LogP contribution is 2.24. The Morgan fingerprint density at radius 1 is 1.13 bits per heavy atom. The quantitative estimate of drug-likeness (QED) is 0.506. The number of aryl methyl sites for hydroxylation is 1. The summed E-state index contributed by atoms with van der Waals surface area (Å²) in [6.07, 6.45) is 5.37. The minimum atomic E-state index is -0.355. The van der Waals surface area contributed by atoms with E-state index in [4.69, 9.17) is 11.6 Å². The minimum Gasteiger partial charge on any atom is -0.348 e. The van der Waals surface area contributed by atoms with Crippen molar-refractivity contribution in [3.8, 4) is 5.69 Å². The lowest BCUT2D eigenvalue weighted by Crippen LogP contribution is -2.24. The summed E-state index contributed by atoms with van der Waals surface area (Å²) in [4.78, 5) is 16.9. The maximum absolute atomic E-state index is 13.2. The number of imidazole rings is 1. The molecule has 0 saturated carbocycles. The molecule has 0 saturated heterocycles. The van der Waals surface area contributed by atoms with Crippen molar-refractivity contribution in [1.82, 2.24) is 24.6 Å². The molecule has 0 unspecified atom stereocenters. The van der Waals surface area contributed by atoms with E-state index in [1.165, 1.54) is 16.8 Å². The molecule has 0 aliphatic carbocycles. The summed E-state index contributed by atoms with van der Waals surface area (Å²) < 4.78 is 16.6. The van der Waals surface area contributed by atoms with E-state index < -0.39 is 0 Å². The van der Waals surface area contributed by atoms with E-state index in [1.807, 2.05) is 35.0 Å². The number of nitrogens with one attached hydrogen (secondary N) is 1. The molecule has 0 bridgehead atoms. The normalized spacial score (nSPS) is 10.9. The summed E-state index contributed by atoms with van der Waals surface area (Å²) in [5, 5.41) is 7.46. The van der Waals surface area contributed by atoms with Crippen LogP contribution in [0.15, 0.2) is 67.3 Å². The summed E-state index contributed by atoms with van der Waals surface area (Å²) in [6, 6.07) is 13.6. The molecule has 6 nitrogen and oxygen atoms in total. The van der Waals surface area contributed by atoms with Crippen LogP contribution in [-0.2, 0) is 13.1 Å². The zero-order valence-corrected chi connectivity index (χ0v) is 17.0. The predicted molar refractivity (Wildman–Crippen MR) is 112 cm³/mol. The highest BCUT2D eigenvalue weighted by Gasteiger charge is 2.21. The van der Waals surface area contributed by atoms with Gasteiger partial charge in [0.2, 0.25) is 0 Å². The third-order valence-corrected chi connectivity index (χ3v) is 5.12. The first-order valence-electron chi connectivity index (χ1n) is 9.34. The maximum Gasteiger partial charge on any atom is 0.256 e. The number of nitrogens with zero attached hydrogens (tertiary/aromatic N) is 4. The number of benzene rings is 2. The summed E-state index contributed by atoms with van der Waals surface area (Å²) in [5.74, 6) is -0.672. The molecule has 30 heavy (non-hydrogen) atoms. The van der Waals surface area contributed by atoms with Gasteiger partial charge in [-0.25, -0.2) is 14.1 Å². The molecule has 152 valence electrons. The van der Waals surface area contributed by atoms with Gasteiger partial charge < -0.3 is 9.88 Å². The van der Waals surface area contributed by atoms with Crippen LogP contribution < -0.4 is 5.32 Å². The van der Waals surface area contributed by atoms with Crippen molar-refractivity contribution in [3.05, 3.63) is 101 Å². The lowest BCUT2D eigenvalue weighted by Gasteiger charge is -2.11. The van der Waals surface area contributed by atoms with Gasteiger partial charge in [0.05, 0.1) is 23.3 Å². The Kier molecular flexibility index (Phi) is 5.63. The molecule has 0 atom stereocenters. The van der Waals surface area contributed by atoms with Crippen LogP contribution in [0.1, 0.15) is 27.2 Å². The molecule has 8 heteroatoms. The highest BCUT2D eigenvalue weighted by molar-refractivity contribution is 6.33. The Morgan fingerprint density at radius 2 is 1.87 bits per heavy atom. The molecule has 0 radical (unpaired) electrons. The maximum atomic E-state index is 13.2. The van der Waals surface area contributed by atoms with E-state index in [1.54, 1.807) is 31.6 Å². The zero-order chi connectivity index (χ0) is 21.1. The van der Waals surface area contributed by atoms with Gasteiger partial charge >= 0.3 is 0 Å². The summed E-state index contributed by atoms with van der Waals surface area (Å²) >= 11 is 6.44. The van der Waals surface area contributed by atoms with Crippen LogP contribution >= 0.6 is 11.6 Å². The molecule has 2 aromatic carbocycles. The molecule has 0 fully saturated rings. The predicted octanol–water partition coefficient (Wildman–Crippen LogP) is 4.15. The number of hydrogen-bond acceptors (Lipinski definition) is 3. The molecule has 4 rings (SSSR count). The van der Waals surface area contributed by atoms with E-state index in [2.05, 4.69) is 15.4 Å². The number of hydrogen-bond donors (Lipinski definition) is 1. The first kappa shape index (κ1) is 19.8. The molecule has 0 aliphatic heterocycles. The molecular weight excluding hydrogens is 405 g/mol. The first-order chi connectivity index (χ1) is 14.5. The van der Waals surface area contributed by atoms with E-state index in [0.29, 0.717) is 30.0 Å². The fourth-order valence-electron chi connectivity index (χ4n) is 3.24. The van der Waals surface area contributed by atoms with Crippen molar-refractivity contribution in [2.45, 2.75) is 20.0 Å². The lowest BCUT2D eigenvalue weighted by molar-refractivity contribution is 0.0950. The summed E-state index contributed by atoms with van der Waals surface area (Å²) in [7, 11) is 0.